The lowest BCUT2D eigenvalue weighted by atomic mass is 10.2. The number of carboxylic acids is 1. The van der Waals surface area contributed by atoms with Crippen LogP contribution in [-0.2, 0) is 14.6 Å². The lowest BCUT2D eigenvalue weighted by Crippen LogP contribution is -2.26. The van der Waals surface area contributed by atoms with Gasteiger partial charge in [0.25, 0.3) is 5.91 Å². The van der Waals surface area contributed by atoms with E-state index in [4.69, 9.17) is 9.84 Å². The zero-order valence-electron chi connectivity index (χ0n) is 15.2. The topological polar surface area (TPSA) is 101 Å². The zero-order chi connectivity index (χ0) is 20.2. The van der Waals surface area contributed by atoms with E-state index in [1.54, 1.807) is 45.2 Å². The van der Waals surface area contributed by atoms with Gasteiger partial charge in [-0.25, -0.2) is 13.2 Å². The normalized spacial score (nSPS) is 11.3. The summed E-state index contributed by atoms with van der Waals surface area (Å²) in [5, 5.41) is 8.06. The highest BCUT2D eigenvalue weighted by Crippen LogP contribution is 2.21. The first-order valence-corrected chi connectivity index (χ1v) is 9.74. The number of hydrogen-bond acceptors (Lipinski definition) is 5. The van der Waals surface area contributed by atoms with Crippen molar-refractivity contribution in [1.29, 1.82) is 0 Å². The van der Waals surface area contributed by atoms with Crippen LogP contribution in [0, 0.1) is 0 Å². The van der Waals surface area contributed by atoms with Crippen LogP contribution in [0.15, 0.2) is 53.4 Å². The zero-order valence-corrected chi connectivity index (χ0v) is 16.1. The van der Waals surface area contributed by atoms with Crippen molar-refractivity contribution < 1.29 is 27.9 Å². The third-order valence-corrected chi connectivity index (χ3v) is 6.11. The summed E-state index contributed by atoms with van der Waals surface area (Å²) in [5.41, 5.74) is 0.938. The monoisotopic (exact) mass is 391 g/mol. The van der Waals surface area contributed by atoms with Crippen LogP contribution in [0.25, 0.3) is 0 Å². The van der Waals surface area contributed by atoms with E-state index in [1.165, 1.54) is 29.2 Å². The van der Waals surface area contributed by atoms with Crippen molar-refractivity contribution in [3.63, 3.8) is 0 Å². The van der Waals surface area contributed by atoms with Gasteiger partial charge < -0.3 is 14.7 Å². The predicted octanol–water partition coefficient (Wildman–Crippen LogP) is 2.61. The number of carboxylic acid groups (broad SMARTS) is 1. The number of sulfone groups is 1. The molecule has 0 heterocycles. The highest BCUT2D eigenvalue weighted by molar-refractivity contribution is 7.92. The van der Waals surface area contributed by atoms with E-state index in [0.717, 1.165) is 0 Å². The second kappa shape index (κ2) is 8.22. The van der Waals surface area contributed by atoms with Crippen molar-refractivity contribution in [3.05, 3.63) is 54.1 Å². The van der Waals surface area contributed by atoms with Crippen molar-refractivity contribution in [2.75, 3.05) is 18.6 Å². The molecule has 7 nitrogen and oxygen atoms in total. The van der Waals surface area contributed by atoms with Crippen molar-refractivity contribution in [2.45, 2.75) is 24.0 Å². The van der Waals surface area contributed by atoms with E-state index in [0.29, 0.717) is 17.0 Å². The molecule has 1 amide bonds. The Hall–Kier alpha value is -2.87. The van der Waals surface area contributed by atoms with Crippen molar-refractivity contribution >= 4 is 27.4 Å². The van der Waals surface area contributed by atoms with Gasteiger partial charge in [0, 0.05) is 18.3 Å². The average Bonchev–Trinajstić information content (AvgIpc) is 2.65. The van der Waals surface area contributed by atoms with Gasteiger partial charge in [0.15, 0.2) is 16.4 Å². The molecule has 0 unspecified atom stereocenters. The molecule has 8 heteroatoms. The van der Waals surface area contributed by atoms with Crippen LogP contribution in [-0.4, -0.2) is 44.3 Å². The van der Waals surface area contributed by atoms with Gasteiger partial charge in [0.05, 0.1) is 10.1 Å². The third-order valence-electron chi connectivity index (χ3n) is 3.94. The molecular formula is C19H21NO6S. The SMILES string of the molecule is CC(C)S(=O)(=O)c1ccc(C(=O)N(C)c2ccc(OCC(=O)O)cc2)cc1. The van der Waals surface area contributed by atoms with E-state index in [1.807, 2.05) is 0 Å². The molecule has 0 radical (unpaired) electrons. The van der Waals surface area contributed by atoms with Gasteiger partial charge in [-0.2, -0.15) is 0 Å². The lowest BCUT2D eigenvalue weighted by molar-refractivity contribution is -0.139. The van der Waals surface area contributed by atoms with Gasteiger partial charge in [-0.15, -0.1) is 0 Å². The summed E-state index contributed by atoms with van der Waals surface area (Å²) >= 11 is 0. The fourth-order valence-corrected chi connectivity index (χ4v) is 3.34. The van der Waals surface area contributed by atoms with Crippen LogP contribution in [0.5, 0.6) is 5.75 Å². The summed E-state index contributed by atoms with van der Waals surface area (Å²) in [6.45, 7) is 2.76. The molecule has 144 valence electrons. The standard InChI is InChI=1S/C19H21NO6S/c1-13(2)27(24,25)17-10-4-14(5-11-17)19(23)20(3)15-6-8-16(9-7-15)26-12-18(21)22/h4-11,13H,12H2,1-3H3,(H,21,22). The van der Waals surface area contributed by atoms with E-state index in [9.17, 15) is 18.0 Å². The molecule has 2 aromatic rings. The molecular weight excluding hydrogens is 370 g/mol. The van der Waals surface area contributed by atoms with Crippen LogP contribution < -0.4 is 9.64 Å². The number of hydrogen-bond donors (Lipinski definition) is 1. The number of amides is 1. The van der Waals surface area contributed by atoms with E-state index in [-0.39, 0.29) is 10.8 Å². The molecule has 0 saturated carbocycles. The summed E-state index contributed by atoms with van der Waals surface area (Å²) < 4.78 is 29.4. The highest BCUT2D eigenvalue weighted by atomic mass is 32.2. The first-order chi connectivity index (χ1) is 12.6. The molecule has 0 bridgehead atoms. The number of carbonyl (C=O) groups is 2. The molecule has 2 rings (SSSR count). The fraction of sp³-hybridized carbons (Fsp3) is 0.263. The molecule has 27 heavy (non-hydrogen) atoms. The minimum absolute atomic E-state index is 0.177. The van der Waals surface area contributed by atoms with Crippen LogP contribution in [0.4, 0.5) is 5.69 Å². The number of ether oxygens (including phenoxy) is 1. The van der Waals surface area contributed by atoms with Crippen LogP contribution in [0.3, 0.4) is 0 Å². The molecule has 0 aliphatic heterocycles. The van der Waals surface area contributed by atoms with Gasteiger partial charge in [-0.05, 0) is 62.4 Å². The summed E-state index contributed by atoms with van der Waals surface area (Å²) in [6, 6.07) is 12.2. The summed E-state index contributed by atoms with van der Waals surface area (Å²) in [7, 11) is -1.80. The van der Waals surface area contributed by atoms with Crippen LogP contribution in [0.2, 0.25) is 0 Å². The Morgan fingerprint density at radius 1 is 1.04 bits per heavy atom. The largest absolute Gasteiger partial charge is 0.482 e. The number of carbonyl (C=O) groups excluding carboxylic acids is 1. The summed E-state index contributed by atoms with van der Waals surface area (Å²) in [5.74, 6) is -0.998. The van der Waals surface area contributed by atoms with E-state index in [2.05, 4.69) is 0 Å². The smallest absolute Gasteiger partial charge is 0.341 e. The Morgan fingerprint density at radius 2 is 1.59 bits per heavy atom. The van der Waals surface area contributed by atoms with Gasteiger partial charge in [0.1, 0.15) is 5.75 Å². The first-order valence-electron chi connectivity index (χ1n) is 8.19. The predicted molar refractivity (Wildman–Crippen MR) is 101 cm³/mol. The van der Waals surface area contributed by atoms with Crippen LogP contribution >= 0.6 is 0 Å². The molecule has 0 saturated heterocycles. The van der Waals surface area contributed by atoms with Crippen molar-refractivity contribution in [2.24, 2.45) is 0 Å². The number of nitrogens with zero attached hydrogens (tertiary/aromatic N) is 1. The highest BCUT2D eigenvalue weighted by Gasteiger charge is 2.20. The van der Waals surface area contributed by atoms with Gasteiger partial charge in [-0.3, -0.25) is 4.79 Å². The fourth-order valence-electron chi connectivity index (χ4n) is 2.28. The van der Waals surface area contributed by atoms with Crippen LogP contribution in [0.1, 0.15) is 24.2 Å². The molecule has 0 atom stereocenters. The lowest BCUT2D eigenvalue weighted by Gasteiger charge is -2.18. The second-order valence-electron chi connectivity index (χ2n) is 6.16. The second-order valence-corrected chi connectivity index (χ2v) is 8.66. The summed E-state index contributed by atoms with van der Waals surface area (Å²) in [4.78, 5) is 24.7. The van der Waals surface area contributed by atoms with Crippen molar-refractivity contribution in [1.82, 2.24) is 0 Å². The maximum atomic E-state index is 12.6. The van der Waals surface area contributed by atoms with Gasteiger partial charge in [0.2, 0.25) is 0 Å². The minimum Gasteiger partial charge on any atom is -0.482 e. The molecule has 0 spiro atoms. The Bertz CT molecular complexity index is 918. The van der Waals surface area contributed by atoms with Crippen molar-refractivity contribution in [3.8, 4) is 5.75 Å². The molecule has 0 fully saturated rings. The number of rotatable bonds is 7. The molecule has 0 aromatic heterocycles. The number of anilines is 1. The Labute approximate surface area is 158 Å². The third kappa shape index (κ3) is 4.85. The maximum absolute atomic E-state index is 12.6. The summed E-state index contributed by atoms with van der Waals surface area (Å²) in [6.07, 6.45) is 0. The first kappa shape index (κ1) is 20.4. The maximum Gasteiger partial charge on any atom is 0.341 e. The molecule has 0 aliphatic rings. The molecule has 0 aliphatic carbocycles. The minimum atomic E-state index is -3.39. The Kier molecular flexibility index (Phi) is 6.22. The Morgan fingerprint density at radius 3 is 2.07 bits per heavy atom. The van der Waals surface area contributed by atoms with Gasteiger partial charge in [-0.1, -0.05) is 0 Å². The number of benzene rings is 2. The molecule has 2 aromatic carbocycles. The number of aliphatic carboxylic acids is 1. The average molecular weight is 391 g/mol. The Balaban J connectivity index is 2.14. The van der Waals surface area contributed by atoms with E-state index >= 15 is 0 Å². The quantitative estimate of drug-likeness (QED) is 0.779. The van der Waals surface area contributed by atoms with E-state index < -0.39 is 27.7 Å². The van der Waals surface area contributed by atoms with Gasteiger partial charge >= 0.3 is 5.97 Å². The molecule has 1 N–H and O–H groups in total.